The average Bonchev–Trinajstić information content (AvgIpc) is 3.15. The molecule has 2 aromatic rings. The predicted octanol–water partition coefficient (Wildman–Crippen LogP) is 3.67. The van der Waals surface area contributed by atoms with Crippen LogP contribution in [-0.4, -0.2) is 45.6 Å². The molecule has 0 unspecified atom stereocenters. The largest absolute Gasteiger partial charge is 0.353 e. The summed E-state index contributed by atoms with van der Waals surface area (Å²) in [6, 6.07) is 3.32. The van der Waals surface area contributed by atoms with Crippen molar-refractivity contribution >= 4 is 11.8 Å². The second-order valence-electron chi connectivity index (χ2n) is 8.60. The molecule has 2 fully saturated rings. The van der Waals surface area contributed by atoms with Gasteiger partial charge < -0.3 is 10.2 Å². The maximum absolute atomic E-state index is 14.3. The highest BCUT2D eigenvalue weighted by Crippen LogP contribution is 2.28. The van der Waals surface area contributed by atoms with Gasteiger partial charge in [-0.05, 0) is 37.8 Å². The highest BCUT2D eigenvalue weighted by atomic mass is 19.1. The zero-order chi connectivity index (χ0) is 22.0. The average molecular weight is 430 g/mol. The summed E-state index contributed by atoms with van der Waals surface area (Å²) in [7, 11) is 1.66. The van der Waals surface area contributed by atoms with Gasteiger partial charge in [0.2, 0.25) is 5.91 Å². The number of nitrogens with one attached hydrogen (secondary N) is 1. The maximum Gasteiger partial charge on any atom is 0.257 e. The van der Waals surface area contributed by atoms with Crippen LogP contribution >= 0.6 is 0 Å². The number of aryl methyl sites for hydroxylation is 1. The van der Waals surface area contributed by atoms with Gasteiger partial charge in [0.15, 0.2) is 0 Å². The number of likely N-dealkylation sites (tertiary alicyclic amines) is 1. The van der Waals surface area contributed by atoms with Crippen LogP contribution in [0, 0.1) is 17.6 Å². The molecule has 1 aromatic carbocycles. The monoisotopic (exact) mass is 430 g/mol. The van der Waals surface area contributed by atoms with Gasteiger partial charge in [0.25, 0.3) is 5.91 Å². The van der Waals surface area contributed by atoms with Crippen molar-refractivity contribution < 1.29 is 18.4 Å². The zero-order valence-corrected chi connectivity index (χ0v) is 17.7. The Morgan fingerprint density at radius 2 is 1.77 bits per heavy atom. The Bertz CT molecular complexity index is 960. The quantitative estimate of drug-likeness (QED) is 0.805. The first-order chi connectivity index (χ1) is 14.9. The van der Waals surface area contributed by atoms with Crippen LogP contribution < -0.4 is 5.32 Å². The van der Waals surface area contributed by atoms with Crippen LogP contribution in [0.3, 0.4) is 0 Å². The Balaban J connectivity index is 1.41. The molecule has 31 heavy (non-hydrogen) atoms. The number of benzene rings is 1. The minimum atomic E-state index is -0.753. The van der Waals surface area contributed by atoms with Crippen LogP contribution in [-0.2, 0) is 11.8 Å². The number of nitrogens with zero attached hydrogens (tertiary/aromatic N) is 3. The summed E-state index contributed by atoms with van der Waals surface area (Å²) in [6.45, 7) is 1.02. The summed E-state index contributed by atoms with van der Waals surface area (Å²) in [4.78, 5) is 27.4. The van der Waals surface area contributed by atoms with E-state index in [1.807, 2.05) is 0 Å². The summed E-state index contributed by atoms with van der Waals surface area (Å²) >= 11 is 0. The molecule has 1 aromatic heterocycles. The van der Waals surface area contributed by atoms with Crippen LogP contribution in [0.5, 0.6) is 0 Å². The van der Waals surface area contributed by atoms with E-state index in [0.29, 0.717) is 25.9 Å². The van der Waals surface area contributed by atoms with Crippen molar-refractivity contribution in [1.29, 1.82) is 0 Å². The molecule has 1 N–H and O–H groups in total. The van der Waals surface area contributed by atoms with Gasteiger partial charge in [-0.25, -0.2) is 8.78 Å². The summed E-state index contributed by atoms with van der Waals surface area (Å²) < 4.78 is 29.1. The van der Waals surface area contributed by atoms with Gasteiger partial charge in [-0.15, -0.1) is 0 Å². The lowest BCUT2D eigenvalue weighted by molar-refractivity contribution is -0.126. The fourth-order valence-electron chi connectivity index (χ4n) is 4.61. The molecule has 0 atom stereocenters. The molecule has 6 nitrogen and oxygen atoms in total. The van der Waals surface area contributed by atoms with Crippen molar-refractivity contribution in [2.75, 3.05) is 13.1 Å². The number of carbonyl (C=O) groups excluding carboxylic acids is 2. The van der Waals surface area contributed by atoms with Crippen molar-refractivity contribution in [3.63, 3.8) is 0 Å². The Morgan fingerprint density at radius 3 is 2.45 bits per heavy atom. The van der Waals surface area contributed by atoms with E-state index in [-0.39, 0.29) is 40.6 Å². The molecular formula is C23H28F2N4O2. The fraction of sp³-hybridized carbons (Fsp3) is 0.522. The van der Waals surface area contributed by atoms with Crippen molar-refractivity contribution in [3.05, 3.63) is 41.6 Å². The van der Waals surface area contributed by atoms with Gasteiger partial charge in [-0.3, -0.25) is 14.3 Å². The number of rotatable bonds is 4. The summed E-state index contributed by atoms with van der Waals surface area (Å²) in [5, 5.41) is 7.41. The van der Waals surface area contributed by atoms with Crippen molar-refractivity contribution in [1.82, 2.24) is 20.0 Å². The number of hydrogen-bond donors (Lipinski definition) is 1. The maximum atomic E-state index is 14.3. The molecule has 1 aliphatic heterocycles. The molecule has 0 bridgehead atoms. The first-order valence-electron chi connectivity index (χ1n) is 11.0. The number of halogens is 2. The lowest BCUT2D eigenvalue weighted by atomic mass is 9.88. The van der Waals surface area contributed by atoms with Crippen LogP contribution in [0.2, 0.25) is 0 Å². The molecule has 1 saturated heterocycles. The lowest BCUT2D eigenvalue weighted by Gasteiger charge is -2.33. The standard InChI is InChI=1S/C23H28F2N4O2/c1-28-14-19(21(27-28)18-8-7-16(24)13-20(18)25)23(31)29-11-9-17(10-12-29)26-22(30)15-5-3-2-4-6-15/h7-8,13-15,17H,2-6,9-12H2,1H3,(H,26,30). The number of amides is 2. The molecule has 2 heterocycles. The predicted molar refractivity (Wildman–Crippen MR) is 112 cm³/mol. The first kappa shape index (κ1) is 21.5. The van der Waals surface area contributed by atoms with Crippen LogP contribution in [0.1, 0.15) is 55.3 Å². The Kier molecular flexibility index (Phi) is 6.34. The van der Waals surface area contributed by atoms with Crippen molar-refractivity contribution in [2.45, 2.75) is 51.0 Å². The smallest absolute Gasteiger partial charge is 0.257 e. The number of piperidine rings is 1. The Labute approximate surface area is 180 Å². The lowest BCUT2D eigenvalue weighted by Crippen LogP contribution is -2.48. The number of carbonyl (C=O) groups is 2. The highest BCUT2D eigenvalue weighted by molar-refractivity contribution is 6.00. The van der Waals surface area contributed by atoms with Gasteiger partial charge >= 0.3 is 0 Å². The summed E-state index contributed by atoms with van der Waals surface area (Å²) in [6.07, 6.45) is 8.31. The van der Waals surface area contributed by atoms with E-state index in [1.165, 1.54) is 17.2 Å². The SMILES string of the molecule is Cn1cc(C(=O)N2CCC(NC(=O)C3CCCCC3)CC2)c(-c2ccc(F)cc2F)n1. The molecule has 0 radical (unpaired) electrons. The molecule has 1 aliphatic carbocycles. The van der Waals surface area contributed by atoms with Crippen LogP contribution in [0.25, 0.3) is 11.3 Å². The first-order valence-corrected chi connectivity index (χ1v) is 11.0. The van der Waals surface area contributed by atoms with Gasteiger partial charge in [0.1, 0.15) is 17.3 Å². The number of hydrogen-bond acceptors (Lipinski definition) is 3. The van der Waals surface area contributed by atoms with E-state index in [4.69, 9.17) is 0 Å². The Morgan fingerprint density at radius 1 is 1.06 bits per heavy atom. The van der Waals surface area contributed by atoms with E-state index in [0.717, 1.165) is 37.8 Å². The third-order valence-corrected chi connectivity index (χ3v) is 6.35. The molecule has 4 rings (SSSR count). The molecular weight excluding hydrogens is 402 g/mol. The molecule has 8 heteroatoms. The zero-order valence-electron chi connectivity index (χ0n) is 17.7. The minimum absolute atomic E-state index is 0.0707. The minimum Gasteiger partial charge on any atom is -0.353 e. The van der Waals surface area contributed by atoms with E-state index in [9.17, 15) is 18.4 Å². The molecule has 1 saturated carbocycles. The third kappa shape index (κ3) is 4.78. The van der Waals surface area contributed by atoms with E-state index in [1.54, 1.807) is 18.1 Å². The van der Waals surface area contributed by atoms with Gasteiger partial charge in [0.05, 0.1) is 5.56 Å². The van der Waals surface area contributed by atoms with Crippen LogP contribution in [0.4, 0.5) is 8.78 Å². The Hall–Kier alpha value is -2.77. The molecule has 166 valence electrons. The van der Waals surface area contributed by atoms with Crippen molar-refractivity contribution in [3.8, 4) is 11.3 Å². The number of aromatic nitrogens is 2. The van der Waals surface area contributed by atoms with Gasteiger partial charge in [-0.2, -0.15) is 5.10 Å². The van der Waals surface area contributed by atoms with Crippen LogP contribution in [0.15, 0.2) is 24.4 Å². The second-order valence-corrected chi connectivity index (χ2v) is 8.60. The highest BCUT2D eigenvalue weighted by Gasteiger charge is 2.30. The summed E-state index contributed by atoms with van der Waals surface area (Å²) in [5.74, 6) is -1.40. The molecule has 2 amide bonds. The van der Waals surface area contributed by atoms with Gasteiger partial charge in [0, 0.05) is 49.9 Å². The molecule has 0 spiro atoms. The molecule has 2 aliphatic rings. The van der Waals surface area contributed by atoms with E-state index < -0.39 is 11.6 Å². The van der Waals surface area contributed by atoms with Crippen molar-refractivity contribution in [2.24, 2.45) is 13.0 Å². The fourth-order valence-corrected chi connectivity index (χ4v) is 4.61. The third-order valence-electron chi connectivity index (χ3n) is 6.35. The van der Waals surface area contributed by atoms with E-state index in [2.05, 4.69) is 10.4 Å². The normalized spacial score (nSPS) is 18.2. The summed E-state index contributed by atoms with van der Waals surface area (Å²) in [5.41, 5.74) is 0.593. The second kappa shape index (κ2) is 9.16. The van der Waals surface area contributed by atoms with Gasteiger partial charge in [-0.1, -0.05) is 19.3 Å². The van der Waals surface area contributed by atoms with E-state index >= 15 is 0 Å². The topological polar surface area (TPSA) is 67.2 Å².